The number of nitrogens with two attached hydrogens (primary N) is 1. The van der Waals surface area contributed by atoms with Gasteiger partial charge in [0, 0.05) is 24.7 Å². The molecule has 0 amide bonds. The van der Waals surface area contributed by atoms with Gasteiger partial charge in [-0.1, -0.05) is 48.5 Å². The Morgan fingerprint density at radius 1 is 1.00 bits per heavy atom. The minimum absolute atomic E-state index is 0.193. The van der Waals surface area contributed by atoms with Crippen molar-refractivity contribution in [3.63, 3.8) is 0 Å². The number of rotatable bonds is 4. The van der Waals surface area contributed by atoms with Crippen molar-refractivity contribution in [1.29, 1.82) is 0 Å². The summed E-state index contributed by atoms with van der Waals surface area (Å²) in [5, 5.41) is 0. The van der Waals surface area contributed by atoms with Crippen LogP contribution in [0.25, 0.3) is 0 Å². The number of anilines is 1. The number of para-hydroxylation sites is 1. The van der Waals surface area contributed by atoms with Gasteiger partial charge in [-0.3, -0.25) is 0 Å². The third kappa shape index (κ3) is 2.40. The Hall–Kier alpha value is -1.88. The number of nitrogens with zero attached hydrogens (tertiary/aromatic N) is 1. The van der Waals surface area contributed by atoms with Crippen molar-refractivity contribution >= 4 is 5.69 Å². The van der Waals surface area contributed by atoms with Crippen molar-refractivity contribution in [3.05, 3.63) is 65.7 Å². The molecule has 0 radical (unpaired) electrons. The average molecular weight is 364 g/mol. The molecule has 3 aliphatic rings. The molecule has 2 aliphatic heterocycles. The summed E-state index contributed by atoms with van der Waals surface area (Å²) in [6.45, 7) is 2.91. The first-order valence-corrected chi connectivity index (χ1v) is 10.2. The Morgan fingerprint density at radius 2 is 1.74 bits per heavy atom. The highest BCUT2D eigenvalue weighted by molar-refractivity contribution is 5.66. The van der Waals surface area contributed by atoms with E-state index in [4.69, 9.17) is 15.2 Å². The normalized spacial score (nSPS) is 28.3. The fourth-order valence-corrected chi connectivity index (χ4v) is 5.88. The quantitative estimate of drug-likeness (QED) is 0.901. The zero-order chi connectivity index (χ0) is 18.3. The highest BCUT2D eigenvalue weighted by Gasteiger charge is 2.66. The monoisotopic (exact) mass is 364 g/mol. The zero-order valence-electron chi connectivity index (χ0n) is 15.8. The molecule has 2 atom stereocenters. The third-order valence-corrected chi connectivity index (χ3v) is 6.79. The van der Waals surface area contributed by atoms with E-state index in [0.29, 0.717) is 25.8 Å². The summed E-state index contributed by atoms with van der Waals surface area (Å²) in [6, 6.07) is 19.9. The Balaban J connectivity index is 1.66. The summed E-state index contributed by atoms with van der Waals surface area (Å²) < 4.78 is 12.8. The molecule has 27 heavy (non-hydrogen) atoms. The van der Waals surface area contributed by atoms with E-state index in [0.717, 1.165) is 32.2 Å². The van der Waals surface area contributed by atoms with Gasteiger partial charge in [-0.25, -0.2) is 0 Å². The van der Waals surface area contributed by atoms with Crippen LogP contribution in [0, 0.1) is 0 Å². The Bertz CT molecular complexity index is 803. The number of fused-ring (bicyclic) bond motifs is 4. The van der Waals surface area contributed by atoms with E-state index in [1.54, 1.807) is 0 Å². The van der Waals surface area contributed by atoms with Gasteiger partial charge in [-0.15, -0.1) is 0 Å². The summed E-state index contributed by atoms with van der Waals surface area (Å²) in [5.41, 5.74) is 10.0. The average Bonchev–Trinajstić information content (AvgIpc) is 3.28. The molecule has 1 aliphatic carbocycles. The molecular formula is C23H28N2O2. The summed E-state index contributed by atoms with van der Waals surface area (Å²) in [5.74, 6) is -0.531. The topological polar surface area (TPSA) is 47.7 Å². The zero-order valence-corrected chi connectivity index (χ0v) is 15.8. The lowest BCUT2D eigenvalue weighted by molar-refractivity contribution is -0.230. The number of benzene rings is 2. The van der Waals surface area contributed by atoms with Crippen LogP contribution in [-0.4, -0.2) is 31.6 Å². The molecule has 1 spiro atoms. The van der Waals surface area contributed by atoms with Crippen molar-refractivity contribution in [1.82, 2.24) is 0 Å². The molecule has 2 aromatic carbocycles. The van der Waals surface area contributed by atoms with Crippen LogP contribution in [0.3, 0.4) is 0 Å². The fourth-order valence-electron chi connectivity index (χ4n) is 5.88. The van der Waals surface area contributed by atoms with Crippen LogP contribution < -0.4 is 10.6 Å². The first-order chi connectivity index (χ1) is 13.3. The van der Waals surface area contributed by atoms with Gasteiger partial charge in [0.05, 0.1) is 18.6 Å². The second-order valence-electron chi connectivity index (χ2n) is 8.00. The van der Waals surface area contributed by atoms with Crippen LogP contribution in [0.2, 0.25) is 0 Å². The molecule has 2 N–H and O–H groups in total. The molecule has 1 saturated carbocycles. The molecule has 1 saturated heterocycles. The van der Waals surface area contributed by atoms with Gasteiger partial charge in [0.15, 0.2) is 5.79 Å². The fraction of sp³-hybridized carbons (Fsp3) is 0.478. The van der Waals surface area contributed by atoms with E-state index in [1.165, 1.54) is 16.8 Å². The molecular weight excluding hydrogens is 336 g/mol. The van der Waals surface area contributed by atoms with E-state index < -0.39 is 5.79 Å². The van der Waals surface area contributed by atoms with Crippen LogP contribution in [0.5, 0.6) is 0 Å². The van der Waals surface area contributed by atoms with Gasteiger partial charge in [0.2, 0.25) is 0 Å². The first kappa shape index (κ1) is 17.2. The molecule has 4 heteroatoms. The Kier molecular flexibility index (Phi) is 4.23. The molecule has 5 rings (SSSR count). The van der Waals surface area contributed by atoms with Crippen molar-refractivity contribution in [2.24, 2.45) is 5.73 Å². The Labute approximate surface area is 161 Å². The van der Waals surface area contributed by atoms with Gasteiger partial charge in [-0.2, -0.15) is 0 Å². The smallest absolute Gasteiger partial charge is 0.180 e. The van der Waals surface area contributed by atoms with E-state index in [-0.39, 0.29) is 5.41 Å². The molecule has 142 valence electrons. The number of hydrogen-bond acceptors (Lipinski definition) is 4. The molecule has 0 bridgehead atoms. The van der Waals surface area contributed by atoms with E-state index in [1.807, 2.05) is 0 Å². The lowest BCUT2D eigenvalue weighted by Gasteiger charge is -2.53. The van der Waals surface area contributed by atoms with Crippen LogP contribution in [0.4, 0.5) is 5.69 Å². The highest BCUT2D eigenvalue weighted by atomic mass is 16.7. The minimum Gasteiger partial charge on any atom is -0.363 e. The molecule has 2 aromatic rings. The standard InChI is InChI=1S/C23H28N2O2/c24-14-13-22-19-9-4-5-10-20(19)25(17-18-7-2-1-3-8-18)21(22)11-6-12-23(22)26-15-16-27-23/h1-5,7-10,21H,6,11-17,24H2/t21-,22-/m0/s1. The molecule has 4 nitrogen and oxygen atoms in total. The maximum Gasteiger partial charge on any atom is 0.180 e. The van der Waals surface area contributed by atoms with Gasteiger partial charge < -0.3 is 20.1 Å². The second kappa shape index (κ2) is 6.62. The summed E-state index contributed by atoms with van der Waals surface area (Å²) >= 11 is 0. The van der Waals surface area contributed by atoms with E-state index >= 15 is 0 Å². The van der Waals surface area contributed by atoms with Crippen molar-refractivity contribution in [2.45, 2.75) is 49.5 Å². The maximum absolute atomic E-state index is 6.40. The first-order valence-electron chi connectivity index (χ1n) is 10.2. The lowest BCUT2D eigenvalue weighted by atomic mass is 9.61. The van der Waals surface area contributed by atoms with Crippen molar-refractivity contribution < 1.29 is 9.47 Å². The molecule has 0 unspecified atom stereocenters. The van der Waals surface area contributed by atoms with Crippen LogP contribution >= 0.6 is 0 Å². The second-order valence-corrected chi connectivity index (χ2v) is 8.00. The van der Waals surface area contributed by atoms with E-state index in [2.05, 4.69) is 59.5 Å². The lowest BCUT2D eigenvalue weighted by Crippen LogP contribution is -2.63. The SMILES string of the molecule is NCC[C@]12c3ccccc3N(Cc3ccccc3)[C@H]1CCCC21OCCO1. The Morgan fingerprint density at radius 3 is 2.52 bits per heavy atom. The van der Waals surface area contributed by atoms with Crippen LogP contribution in [0.15, 0.2) is 54.6 Å². The van der Waals surface area contributed by atoms with Gasteiger partial charge in [-0.05, 0) is 43.0 Å². The minimum atomic E-state index is -0.531. The van der Waals surface area contributed by atoms with Gasteiger partial charge in [0.1, 0.15) is 0 Å². The summed E-state index contributed by atoms with van der Waals surface area (Å²) in [7, 11) is 0. The maximum atomic E-state index is 6.40. The predicted octanol–water partition coefficient (Wildman–Crippen LogP) is 3.59. The van der Waals surface area contributed by atoms with Gasteiger partial charge in [0.25, 0.3) is 0 Å². The largest absolute Gasteiger partial charge is 0.363 e. The van der Waals surface area contributed by atoms with Crippen molar-refractivity contribution in [2.75, 3.05) is 24.7 Å². The van der Waals surface area contributed by atoms with Crippen molar-refractivity contribution in [3.8, 4) is 0 Å². The molecule has 0 aromatic heterocycles. The molecule has 2 fully saturated rings. The number of hydrogen-bond donors (Lipinski definition) is 1. The molecule has 2 heterocycles. The van der Waals surface area contributed by atoms with Crippen LogP contribution in [0.1, 0.15) is 36.8 Å². The predicted molar refractivity (Wildman–Crippen MR) is 107 cm³/mol. The number of ether oxygens (including phenoxy) is 2. The summed E-state index contributed by atoms with van der Waals surface area (Å²) in [6.07, 6.45) is 4.11. The van der Waals surface area contributed by atoms with Gasteiger partial charge >= 0.3 is 0 Å². The van der Waals surface area contributed by atoms with Crippen LogP contribution in [-0.2, 0) is 21.4 Å². The highest BCUT2D eigenvalue weighted by Crippen LogP contribution is 2.60. The third-order valence-electron chi connectivity index (χ3n) is 6.79. The summed E-state index contributed by atoms with van der Waals surface area (Å²) in [4.78, 5) is 2.59. The van der Waals surface area contributed by atoms with E-state index in [9.17, 15) is 0 Å².